The van der Waals surface area contributed by atoms with Gasteiger partial charge in [-0.25, -0.2) is 0 Å². The van der Waals surface area contributed by atoms with Crippen molar-refractivity contribution in [3.05, 3.63) is 35.4 Å². The van der Waals surface area contributed by atoms with Crippen molar-refractivity contribution >= 4 is 5.97 Å². The Labute approximate surface area is 144 Å². The van der Waals surface area contributed by atoms with Crippen LogP contribution in [0, 0.1) is 11.8 Å². The van der Waals surface area contributed by atoms with Crippen LogP contribution in [0.2, 0.25) is 0 Å². The molecule has 4 heteroatoms. The Kier molecular flexibility index (Phi) is 6.84. The number of hydrogen-bond donors (Lipinski definition) is 1. The van der Waals surface area contributed by atoms with E-state index in [1.807, 2.05) is 12.1 Å². The molecule has 130 valence electrons. The number of rotatable bonds is 6. The lowest BCUT2D eigenvalue weighted by atomic mass is 9.92. The first-order chi connectivity index (χ1) is 11.6. The molecule has 1 aliphatic carbocycles. The van der Waals surface area contributed by atoms with Crippen LogP contribution in [0.25, 0.3) is 0 Å². The second kappa shape index (κ2) is 8.86. The summed E-state index contributed by atoms with van der Waals surface area (Å²) in [7, 11) is 3.12. The molecule has 1 aromatic rings. The summed E-state index contributed by atoms with van der Waals surface area (Å²) in [6, 6.07) is 8.30. The van der Waals surface area contributed by atoms with Crippen LogP contribution in [0.3, 0.4) is 0 Å². The van der Waals surface area contributed by atoms with E-state index in [9.17, 15) is 4.79 Å². The summed E-state index contributed by atoms with van der Waals surface area (Å²) in [5.41, 5.74) is 7.59. The minimum atomic E-state index is -0.833. The molecule has 0 heterocycles. The number of benzene rings is 1. The standard InChI is InChI=1S/C20H27NO3/c1-23-14-6-4-3-5-7-16-8-10-17(11-9-16)18-12-13-20(21,15-18)19(22)24-2/h8-11,18H,3-4,6,12-15,21H2,1-2H3. The van der Waals surface area contributed by atoms with Gasteiger partial charge < -0.3 is 15.2 Å². The highest BCUT2D eigenvalue weighted by Gasteiger charge is 2.43. The number of carbonyl (C=O) groups is 1. The Morgan fingerprint density at radius 2 is 2.04 bits per heavy atom. The Morgan fingerprint density at radius 3 is 2.71 bits per heavy atom. The average Bonchev–Trinajstić information content (AvgIpc) is 3.01. The second-order valence-electron chi connectivity index (χ2n) is 6.46. The van der Waals surface area contributed by atoms with Crippen molar-refractivity contribution in [2.45, 2.75) is 50.0 Å². The molecule has 0 aromatic heterocycles. The van der Waals surface area contributed by atoms with E-state index < -0.39 is 5.54 Å². The summed E-state index contributed by atoms with van der Waals surface area (Å²) in [4.78, 5) is 11.8. The fraction of sp³-hybridized carbons (Fsp3) is 0.550. The van der Waals surface area contributed by atoms with Gasteiger partial charge in [-0.2, -0.15) is 0 Å². The van der Waals surface area contributed by atoms with Gasteiger partial charge in [0.1, 0.15) is 5.54 Å². The van der Waals surface area contributed by atoms with Crippen LogP contribution < -0.4 is 5.73 Å². The first-order valence-corrected chi connectivity index (χ1v) is 8.54. The molecule has 4 nitrogen and oxygen atoms in total. The Balaban J connectivity index is 1.89. The SMILES string of the molecule is COCCCCC#Cc1ccc(C2CCC(N)(C(=O)OC)C2)cc1. The smallest absolute Gasteiger partial charge is 0.325 e. The maximum Gasteiger partial charge on any atom is 0.325 e. The monoisotopic (exact) mass is 329 g/mol. The zero-order valence-electron chi connectivity index (χ0n) is 14.6. The maximum atomic E-state index is 11.8. The molecule has 0 saturated heterocycles. The number of nitrogens with two attached hydrogens (primary N) is 1. The first-order valence-electron chi connectivity index (χ1n) is 8.54. The van der Waals surface area contributed by atoms with Crippen molar-refractivity contribution in [2.75, 3.05) is 20.8 Å². The molecule has 24 heavy (non-hydrogen) atoms. The summed E-state index contributed by atoms with van der Waals surface area (Å²) >= 11 is 0. The van der Waals surface area contributed by atoms with E-state index in [1.165, 1.54) is 12.7 Å². The molecule has 2 atom stereocenters. The van der Waals surface area contributed by atoms with E-state index in [-0.39, 0.29) is 5.97 Å². The Hall–Kier alpha value is -1.83. The number of esters is 1. The van der Waals surface area contributed by atoms with Crippen molar-refractivity contribution in [3.8, 4) is 11.8 Å². The third kappa shape index (κ3) is 4.83. The predicted molar refractivity (Wildman–Crippen MR) is 94.6 cm³/mol. The van der Waals surface area contributed by atoms with Gasteiger partial charge in [-0.05, 0) is 55.7 Å². The third-order valence-corrected chi connectivity index (χ3v) is 4.66. The van der Waals surface area contributed by atoms with Gasteiger partial charge in [0, 0.05) is 25.7 Å². The highest BCUT2D eigenvalue weighted by Crippen LogP contribution is 2.40. The van der Waals surface area contributed by atoms with Crippen LogP contribution in [0.1, 0.15) is 55.6 Å². The van der Waals surface area contributed by atoms with Crippen LogP contribution in [-0.4, -0.2) is 32.3 Å². The molecule has 2 rings (SSSR count). The molecular formula is C20H27NO3. The third-order valence-electron chi connectivity index (χ3n) is 4.66. The lowest BCUT2D eigenvalue weighted by Crippen LogP contribution is -2.46. The molecule has 1 saturated carbocycles. The van der Waals surface area contributed by atoms with Gasteiger partial charge in [-0.15, -0.1) is 0 Å². The van der Waals surface area contributed by atoms with Crippen molar-refractivity contribution in [1.29, 1.82) is 0 Å². The number of methoxy groups -OCH3 is 2. The van der Waals surface area contributed by atoms with Crippen LogP contribution in [0.15, 0.2) is 24.3 Å². The predicted octanol–water partition coefficient (Wildman–Crippen LogP) is 2.99. The average molecular weight is 329 g/mol. The summed E-state index contributed by atoms with van der Waals surface area (Å²) in [5, 5.41) is 0. The molecule has 0 bridgehead atoms. The molecule has 0 aliphatic heterocycles. The van der Waals surface area contributed by atoms with Crippen LogP contribution in [0.5, 0.6) is 0 Å². The minimum absolute atomic E-state index is 0.305. The van der Waals surface area contributed by atoms with Gasteiger partial charge in [-0.3, -0.25) is 4.79 Å². The van der Waals surface area contributed by atoms with Gasteiger partial charge in [0.15, 0.2) is 0 Å². The van der Waals surface area contributed by atoms with E-state index >= 15 is 0 Å². The molecule has 0 radical (unpaired) electrons. The summed E-state index contributed by atoms with van der Waals surface area (Å²) in [5.74, 6) is 6.40. The normalized spacial score (nSPS) is 22.7. The fourth-order valence-electron chi connectivity index (χ4n) is 3.21. The summed E-state index contributed by atoms with van der Waals surface area (Å²) < 4.78 is 9.85. The van der Waals surface area contributed by atoms with E-state index in [0.29, 0.717) is 18.8 Å². The molecule has 1 fully saturated rings. The maximum absolute atomic E-state index is 11.8. The second-order valence-corrected chi connectivity index (χ2v) is 6.46. The van der Waals surface area contributed by atoms with Gasteiger partial charge >= 0.3 is 5.97 Å². The molecule has 1 aliphatic rings. The Bertz CT molecular complexity index is 600. The largest absolute Gasteiger partial charge is 0.468 e. The van der Waals surface area contributed by atoms with Crippen LogP contribution in [0.4, 0.5) is 0 Å². The number of hydrogen-bond acceptors (Lipinski definition) is 4. The zero-order valence-corrected chi connectivity index (χ0v) is 14.6. The molecule has 1 aromatic carbocycles. The summed E-state index contributed by atoms with van der Waals surface area (Å²) in [6.07, 6.45) is 5.23. The van der Waals surface area contributed by atoms with Crippen LogP contribution >= 0.6 is 0 Å². The first kappa shape index (κ1) is 18.5. The van der Waals surface area contributed by atoms with E-state index in [4.69, 9.17) is 15.2 Å². The highest BCUT2D eigenvalue weighted by atomic mass is 16.5. The number of ether oxygens (including phenoxy) is 2. The molecule has 2 N–H and O–H groups in total. The quantitative estimate of drug-likeness (QED) is 0.495. The molecular weight excluding hydrogens is 302 g/mol. The number of carbonyl (C=O) groups excluding carboxylic acids is 1. The van der Waals surface area contributed by atoms with Gasteiger partial charge in [0.05, 0.1) is 7.11 Å². The van der Waals surface area contributed by atoms with E-state index in [0.717, 1.165) is 37.9 Å². The lowest BCUT2D eigenvalue weighted by molar-refractivity contribution is -0.146. The van der Waals surface area contributed by atoms with Crippen molar-refractivity contribution in [2.24, 2.45) is 5.73 Å². The van der Waals surface area contributed by atoms with E-state index in [1.54, 1.807) is 7.11 Å². The molecule has 2 unspecified atom stereocenters. The number of unbranched alkanes of at least 4 members (excludes halogenated alkanes) is 2. The van der Waals surface area contributed by atoms with Crippen molar-refractivity contribution in [1.82, 2.24) is 0 Å². The van der Waals surface area contributed by atoms with Crippen LogP contribution in [-0.2, 0) is 14.3 Å². The molecule has 0 amide bonds. The topological polar surface area (TPSA) is 61.5 Å². The van der Waals surface area contributed by atoms with Gasteiger partial charge in [0.25, 0.3) is 0 Å². The lowest BCUT2D eigenvalue weighted by Gasteiger charge is -2.20. The van der Waals surface area contributed by atoms with Gasteiger partial charge in [-0.1, -0.05) is 24.0 Å². The van der Waals surface area contributed by atoms with Crippen molar-refractivity contribution in [3.63, 3.8) is 0 Å². The van der Waals surface area contributed by atoms with Gasteiger partial charge in [0.2, 0.25) is 0 Å². The minimum Gasteiger partial charge on any atom is -0.468 e. The molecule has 0 spiro atoms. The van der Waals surface area contributed by atoms with Crippen molar-refractivity contribution < 1.29 is 14.3 Å². The highest BCUT2D eigenvalue weighted by molar-refractivity contribution is 5.81. The zero-order chi connectivity index (χ0) is 17.4. The fourth-order valence-corrected chi connectivity index (χ4v) is 3.21. The van der Waals surface area contributed by atoms with E-state index in [2.05, 4.69) is 24.0 Å². The summed E-state index contributed by atoms with van der Waals surface area (Å²) in [6.45, 7) is 0.798. The Morgan fingerprint density at radius 1 is 1.29 bits per heavy atom.